The van der Waals surface area contributed by atoms with Crippen LogP contribution in [-0.2, 0) is 0 Å². The molecule has 1 unspecified atom stereocenters. The Morgan fingerprint density at radius 3 is 2.03 bits per heavy atom. The van der Waals surface area contributed by atoms with Crippen molar-refractivity contribution in [2.75, 3.05) is 16.3 Å². The molecule has 0 aromatic heterocycles. The Morgan fingerprint density at radius 1 is 0.714 bits per heavy atom. The van der Waals surface area contributed by atoms with Crippen LogP contribution in [0.4, 0.5) is 11.4 Å². The normalized spacial score (nSPS) is 14.6. The smallest absolute Gasteiger partial charge is 0.0536 e. The monoisotopic (exact) mass is 831 g/mol. The van der Waals surface area contributed by atoms with Gasteiger partial charge in [0.1, 0.15) is 0 Å². The van der Waals surface area contributed by atoms with E-state index < -0.39 is 0 Å². The van der Waals surface area contributed by atoms with E-state index in [0.717, 1.165) is 61.0 Å². The van der Waals surface area contributed by atoms with Crippen molar-refractivity contribution in [2.45, 2.75) is 73.1 Å². The molecule has 0 N–H and O–H groups in total. The van der Waals surface area contributed by atoms with Crippen LogP contribution < -0.4 is 9.80 Å². The van der Waals surface area contributed by atoms with Crippen LogP contribution in [0.5, 0.6) is 0 Å². The van der Waals surface area contributed by atoms with Crippen molar-refractivity contribution in [2.24, 2.45) is 5.92 Å². The molecule has 63 heavy (non-hydrogen) atoms. The average Bonchev–Trinajstić information content (AvgIpc) is 3.57. The minimum absolute atomic E-state index is 0.331. The molecule has 0 spiro atoms. The molecule has 0 amide bonds. The van der Waals surface area contributed by atoms with Crippen LogP contribution in [0.1, 0.15) is 73.1 Å². The lowest BCUT2D eigenvalue weighted by molar-refractivity contribution is 0.746. The van der Waals surface area contributed by atoms with Crippen LogP contribution in [0.25, 0.3) is 22.3 Å². The molecule has 2 heteroatoms. The molecule has 1 aliphatic rings. The maximum Gasteiger partial charge on any atom is 0.0536 e. The van der Waals surface area contributed by atoms with E-state index in [1.54, 1.807) is 0 Å². The number of anilines is 2. The van der Waals surface area contributed by atoms with Gasteiger partial charge in [-0.15, -0.1) is 13.2 Å². The van der Waals surface area contributed by atoms with Crippen molar-refractivity contribution in [3.8, 4) is 22.3 Å². The molecule has 0 saturated carbocycles. The molecule has 4 rings (SSSR count). The fraction of sp³-hybridized carbons (Fsp3) is 0.213. The first kappa shape index (κ1) is 49.0. The van der Waals surface area contributed by atoms with Gasteiger partial charge in [-0.2, -0.15) is 0 Å². The summed E-state index contributed by atoms with van der Waals surface area (Å²) in [7, 11) is 0. The third-order valence-electron chi connectivity index (χ3n) is 10.8. The van der Waals surface area contributed by atoms with Crippen LogP contribution in [0.2, 0.25) is 0 Å². The number of rotatable bonds is 24. The molecular weight excluding hydrogens is 761 g/mol. The fourth-order valence-electron chi connectivity index (χ4n) is 7.47. The van der Waals surface area contributed by atoms with Crippen molar-refractivity contribution < 1.29 is 0 Å². The van der Waals surface area contributed by atoms with Gasteiger partial charge in [-0.3, -0.25) is 0 Å². The fourth-order valence-corrected chi connectivity index (χ4v) is 7.47. The van der Waals surface area contributed by atoms with Gasteiger partial charge in [0.05, 0.1) is 5.69 Å². The van der Waals surface area contributed by atoms with Crippen molar-refractivity contribution in [3.63, 3.8) is 0 Å². The van der Waals surface area contributed by atoms with E-state index in [0.29, 0.717) is 12.5 Å². The highest BCUT2D eigenvalue weighted by atomic mass is 15.2. The van der Waals surface area contributed by atoms with Gasteiger partial charge < -0.3 is 9.80 Å². The highest BCUT2D eigenvalue weighted by molar-refractivity contribution is 5.85. The summed E-state index contributed by atoms with van der Waals surface area (Å²) in [5.41, 5.74) is 13.0. The molecule has 0 saturated heterocycles. The van der Waals surface area contributed by atoms with E-state index in [9.17, 15) is 0 Å². The van der Waals surface area contributed by atoms with E-state index in [1.807, 2.05) is 12.2 Å². The summed E-state index contributed by atoms with van der Waals surface area (Å²) in [4.78, 5) is 4.76. The molecule has 324 valence electrons. The molecule has 0 aliphatic heterocycles. The standard InChI is InChI=1S/C61H70N2/c1-9-17-19-21-23-33-50(13-5)49-51(14-6)34-30-48-62(47-28-22-20-18-10-2)60-39-26-24-37-58(60)54-41-43-55(44-42-54)59-38-25-27-40-61(59)63(56(31-11-3)32-12-4)57-36-29-35-53(45-46-57)52(15-7)16-8/h9,11,13-15,18-35,37-46,48,52H,1,6-7,10,12,16-17,36,47,49H2,2-5,8H3/b20-18-,21-19-,28-22-,31-11-,33-23-,48-30+,50-13-,51-34+,56-32+. The lowest BCUT2D eigenvalue weighted by Crippen LogP contribution is -2.21. The first-order chi connectivity index (χ1) is 31.0. The lowest BCUT2D eigenvalue weighted by Gasteiger charge is -2.30. The second-order valence-corrected chi connectivity index (χ2v) is 15.2. The van der Waals surface area contributed by atoms with Gasteiger partial charge in [0.15, 0.2) is 0 Å². The predicted molar refractivity (Wildman–Crippen MR) is 282 cm³/mol. The van der Waals surface area contributed by atoms with E-state index in [-0.39, 0.29) is 0 Å². The minimum Gasteiger partial charge on any atom is -0.344 e. The maximum atomic E-state index is 4.14. The molecule has 0 fully saturated rings. The van der Waals surface area contributed by atoms with Crippen LogP contribution in [0, 0.1) is 5.92 Å². The van der Waals surface area contributed by atoms with Crippen LogP contribution >= 0.6 is 0 Å². The first-order valence-electron chi connectivity index (χ1n) is 22.8. The van der Waals surface area contributed by atoms with Gasteiger partial charge in [0.2, 0.25) is 0 Å². The number of hydrogen-bond acceptors (Lipinski definition) is 2. The number of nitrogens with zero attached hydrogens (tertiary/aromatic N) is 2. The number of para-hydroxylation sites is 2. The highest BCUT2D eigenvalue weighted by Crippen LogP contribution is 2.39. The van der Waals surface area contributed by atoms with Gasteiger partial charge in [0.25, 0.3) is 0 Å². The van der Waals surface area contributed by atoms with Crippen LogP contribution in [0.3, 0.4) is 0 Å². The average molecular weight is 831 g/mol. The molecule has 1 atom stereocenters. The van der Waals surface area contributed by atoms with Crippen molar-refractivity contribution >= 4 is 11.4 Å². The second kappa shape index (κ2) is 28.1. The SMILES string of the molecule is C=CC\C=C/C=C\C(=C\C)C/C(C=C)=C/C=C/N(C/C=C\C=C/CC)c1ccccc1-c1ccc(-c2ccccc2N(C2=CC=C(C(C=C)CC)C=CC2)C(/C=C\C)=C/CC)cc1. The summed E-state index contributed by atoms with van der Waals surface area (Å²) in [5.74, 6) is 0.331. The number of allylic oxidation sites excluding steroid dienone is 23. The molecule has 1 aliphatic carbocycles. The molecule has 0 radical (unpaired) electrons. The zero-order valence-electron chi connectivity index (χ0n) is 38.7. The molecule has 0 heterocycles. The van der Waals surface area contributed by atoms with Crippen molar-refractivity contribution in [3.05, 3.63) is 254 Å². The third-order valence-corrected chi connectivity index (χ3v) is 10.8. The van der Waals surface area contributed by atoms with Crippen LogP contribution in [0.15, 0.2) is 254 Å². The third kappa shape index (κ3) is 15.0. The van der Waals surface area contributed by atoms with E-state index >= 15 is 0 Å². The Bertz CT molecular complexity index is 2320. The van der Waals surface area contributed by atoms with Gasteiger partial charge >= 0.3 is 0 Å². The molecule has 3 aromatic carbocycles. The van der Waals surface area contributed by atoms with Crippen molar-refractivity contribution in [1.29, 1.82) is 0 Å². The Hall–Kier alpha value is -6.64. The Balaban J connectivity index is 1.74. The summed E-state index contributed by atoms with van der Waals surface area (Å²) >= 11 is 0. The Kier molecular flexibility index (Phi) is 21.8. The van der Waals surface area contributed by atoms with Gasteiger partial charge in [-0.1, -0.05) is 197 Å². The number of benzene rings is 3. The van der Waals surface area contributed by atoms with Crippen molar-refractivity contribution in [1.82, 2.24) is 0 Å². The van der Waals surface area contributed by atoms with E-state index in [4.69, 9.17) is 0 Å². The maximum absolute atomic E-state index is 4.14. The largest absolute Gasteiger partial charge is 0.344 e. The molecule has 0 bridgehead atoms. The quantitative estimate of drug-likeness (QED) is 0.0655. The minimum atomic E-state index is 0.331. The summed E-state index contributed by atoms with van der Waals surface area (Å²) in [6, 6.07) is 26.6. The Morgan fingerprint density at radius 2 is 1.40 bits per heavy atom. The topological polar surface area (TPSA) is 6.48 Å². The molecular formula is C61H70N2. The lowest BCUT2D eigenvalue weighted by atomic mass is 9.96. The summed E-state index contributed by atoms with van der Waals surface area (Å²) < 4.78 is 0. The molecule has 3 aromatic rings. The zero-order chi connectivity index (χ0) is 45.1. The predicted octanol–water partition coefficient (Wildman–Crippen LogP) is 17.7. The van der Waals surface area contributed by atoms with Crippen LogP contribution in [-0.4, -0.2) is 6.54 Å². The summed E-state index contributed by atoms with van der Waals surface area (Å²) in [6.07, 6.45) is 52.9. The van der Waals surface area contributed by atoms with Gasteiger partial charge in [-0.05, 0) is 104 Å². The van der Waals surface area contributed by atoms with Gasteiger partial charge in [0, 0.05) is 53.3 Å². The first-order valence-corrected chi connectivity index (χ1v) is 22.8. The van der Waals surface area contributed by atoms with E-state index in [1.165, 1.54) is 39.2 Å². The zero-order valence-corrected chi connectivity index (χ0v) is 38.7. The second-order valence-electron chi connectivity index (χ2n) is 15.2. The van der Waals surface area contributed by atoms with E-state index in [2.05, 4.69) is 259 Å². The highest BCUT2D eigenvalue weighted by Gasteiger charge is 2.20. The number of hydrogen-bond donors (Lipinski definition) is 0. The van der Waals surface area contributed by atoms with Gasteiger partial charge in [-0.25, -0.2) is 0 Å². The molecule has 2 nitrogen and oxygen atoms in total. The summed E-state index contributed by atoms with van der Waals surface area (Å²) in [5, 5.41) is 0. The Labute approximate surface area is 381 Å². The summed E-state index contributed by atoms with van der Waals surface area (Å²) in [6.45, 7) is 23.5.